The zero-order chi connectivity index (χ0) is 19.2. The van der Waals surface area contributed by atoms with E-state index in [1.54, 1.807) is 6.07 Å². The number of H-pyrrole nitrogens is 1. The van der Waals surface area contributed by atoms with Gasteiger partial charge < -0.3 is 19.9 Å². The third-order valence-electron chi connectivity index (χ3n) is 5.03. The summed E-state index contributed by atoms with van der Waals surface area (Å²) in [5, 5.41) is 19.8. The second-order valence-corrected chi connectivity index (χ2v) is 7.54. The smallest absolute Gasteiger partial charge is 0.218 e. The van der Waals surface area contributed by atoms with E-state index in [0.29, 0.717) is 23.5 Å². The largest absolute Gasteiger partial charge is 0.396 e. The maximum Gasteiger partial charge on any atom is 0.218 e. The minimum atomic E-state index is -0.708. The molecule has 4 atom stereocenters. The Morgan fingerprint density at radius 3 is 2.89 bits per heavy atom. The Kier molecular flexibility index (Phi) is 4.45. The van der Waals surface area contributed by atoms with Gasteiger partial charge in [-0.2, -0.15) is 5.10 Å². The molecule has 9 heteroatoms. The quantitative estimate of drug-likeness (QED) is 0.665. The van der Waals surface area contributed by atoms with Crippen LogP contribution in [0, 0.1) is 12.8 Å². The molecule has 0 aromatic carbocycles. The third kappa shape index (κ3) is 3.33. The van der Waals surface area contributed by atoms with Gasteiger partial charge in [-0.3, -0.25) is 9.89 Å². The van der Waals surface area contributed by atoms with Crippen LogP contribution in [-0.4, -0.2) is 61.7 Å². The number of ether oxygens (including phenoxy) is 2. The van der Waals surface area contributed by atoms with Crippen molar-refractivity contribution in [2.24, 2.45) is 5.92 Å². The van der Waals surface area contributed by atoms with Crippen molar-refractivity contribution in [3.63, 3.8) is 0 Å². The molecule has 4 rings (SSSR count). The van der Waals surface area contributed by atoms with Crippen molar-refractivity contribution in [3.8, 4) is 0 Å². The molecule has 144 valence electrons. The first-order valence-corrected chi connectivity index (χ1v) is 8.97. The summed E-state index contributed by atoms with van der Waals surface area (Å²) in [5.41, 5.74) is 1.45. The number of carbonyl (C=O) groups excluding carboxylic acids is 1. The number of nitrogens with one attached hydrogen (secondary N) is 2. The Morgan fingerprint density at radius 2 is 2.19 bits per heavy atom. The number of carbonyl (C=O) groups is 1. The molecule has 0 unspecified atom stereocenters. The van der Waals surface area contributed by atoms with Crippen molar-refractivity contribution in [2.45, 2.75) is 51.2 Å². The lowest BCUT2D eigenvalue weighted by Crippen LogP contribution is -2.35. The summed E-state index contributed by atoms with van der Waals surface area (Å²) in [5.74, 6) is -0.588. The predicted molar refractivity (Wildman–Crippen MR) is 95.2 cm³/mol. The molecule has 2 fully saturated rings. The van der Waals surface area contributed by atoms with E-state index in [-0.39, 0.29) is 36.6 Å². The molecular formula is C18H23N5O4. The summed E-state index contributed by atoms with van der Waals surface area (Å²) in [6, 6.07) is 1.54. The topological polar surface area (TPSA) is 122 Å². The Bertz CT molecular complexity index is 852. The van der Waals surface area contributed by atoms with E-state index in [1.165, 1.54) is 12.5 Å². The minimum absolute atomic E-state index is 0.0148. The monoisotopic (exact) mass is 373 g/mol. The number of ketones is 1. The van der Waals surface area contributed by atoms with Crippen LogP contribution in [0.4, 0.5) is 5.82 Å². The molecular weight excluding hydrogens is 350 g/mol. The summed E-state index contributed by atoms with van der Waals surface area (Å²) < 4.78 is 12.0. The van der Waals surface area contributed by atoms with Crippen molar-refractivity contribution >= 4 is 11.6 Å². The second kappa shape index (κ2) is 6.66. The van der Waals surface area contributed by atoms with Gasteiger partial charge in [-0.15, -0.1) is 0 Å². The van der Waals surface area contributed by atoms with Crippen molar-refractivity contribution in [1.82, 2.24) is 20.2 Å². The van der Waals surface area contributed by atoms with Gasteiger partial charge in [0, 0.05) is 24.4 Å². The number of nitrogens with zero attached hydrogens (tertiary/aromatic N) is 3. The van der Waals surface area contributed by atoms with Crippen LogP contribution in [0.2, 0.25) is 0 Å². The fourth-order valence-corrected chi connectivity index (χ4v) is 3.87. The highest BCUT2D eigenvalue weighted by molar-refractivity contribution is 6.10. The predicted octanol–water partition coefficient (Wildman–Crippen LogP) is 1.05. The van der Waals surface area contributed by atoms with E-state index in [9.17, 15) is 9.90 Å². The van der Waals surface area contributed by atoms with Crippen LogP contribution in [-0.2, 0) is 9.47 Å². The number of aromatic nitrogens is 4. The summed E-state index contributed by atoms with van der Waals surface area (Å²) in [4.78, 5) is 21.1. The fraction of sp³-hybridized carbons (Fsp3) is 0.556. The van der Waals surface area contributed by atoms with E-state index >= 15 is 0 Å². The normalized spacial score (nSPS) is 28.9. The average Bonchev–Trinajstić information content (AvgIpc) is 3.28. The van der Waals surface area contributed by atoms with E-state index in [4.69, 9.17) is 9.47 Å². The zero-order valence-corrected chi connectivity index (χ0v) is 15.5. The molecule has 27 heavy (non-hydrogen) atoms. The number of aliphatic hydroxyl groups is 1. The lowest BCUT2D eigenvalue weighted by Gasteiger charge is -2.24. The third-order valence-corrected chi connectivity index (χ3v) is 5.03. The number of hydrogen-bond donors (Lipinski definition) is 3. The molecule has 3 N–H and O–H groups in total. The van der Waals surface area contributed by atoms with Gasteiger partial charge in [-0.25, -0.2) is 9.97 Å². The Balaban J connectivity index is 1.59. The van der Waals surface area contributed by atoms with E-state index in [0.717, 1.165) is 5.69 Å². The SMILES string of the molecule is Cc1cc(C(=O)c2cncnc2N[C@@H]2C[C@H](CO)[C@H]3OC(C)(C)O[C@H]32)n[nH]1. The van der Waals surface area contributed by atoms with Gasteiger partial charge in [-0.05, 0) is 33.3 Å². The maximum absolute atomic E-state index is 12.8. The Morgan fingerprint density at radius 1 is 1.41 bits per heavy atom. The molecule has 1 aliphatic carbocycles. The number of hydrogen-bond acceptors (Lipinski definition) is 8. The molecule has 2 aromatic rings. The van der Waals surface area contributed by atoms with Crippen LogP contribution in [0.1, 0.15) is 42.0 Å². The molecule has 1 aliphatic heterocycles. The van der Waals surface area contributed by atoms with E-state index < -0.39 is 5.79 Å². The number of aryl methyl sites for hydroxylation is 1. The van der Waals surface area contributed by atoms with Crippen LogP contribution >= 0.6 is 0 Å². The van der Waals surface area contributed by atoms with Crippen molar-refractivity contribution in [2.75, 3.05) is 11.9 Å². The number of aromatic amines is 1. The van der Waals surface area contributed by atoms with Crippen molar-refractivity contribution < 1.29 is 19.4 Å². The molecule has 0 spiro atoms. The Labute approximate surface area is 156 Å². The number of rotatable bonds is 5. The van der Waals surface area contributed by atoms with Crippen LogP contribution in [0.25, 0.3) is 0 Å². The van der Waals surface area contributed by atoms with E-state index in [2.05, 4.69) is 25.5 Å². The summed E-state index contributed by atoms with van der Waals surface area (Å²) in [6.45, 7) is 5.56. The van der Waals surface area contributed by atoms with Crippen LogP contribution < -0.4 is 5.32 Å². The van der Waals surface area contributed by atoms with E-state index in [1.807, 2.05) is 20.8 Å². The lowest BCUT2D eigenvalue weighted by atomic mass is 10.1. The first kappa shape index (κ1) is 18.0. The van der Waals surface area contributed by atoms with Gasteiger partial charge in [0.05, 0.1) is 17.7 Å². The molecule has 1 saturated heterocycles. The van der Waals surface area contributed by atoms with Gasteiger partial charge in [0.25, 0.3) is 0 Å². The van der Waals surface area contributed by atoms with Gasteiger partial charge in [0.2, 0.25) is 5.78 Å². The van der Waals surface area contributed by atoms with Crippen molar-refractivity contribution in [1.29, 1.82) is 0 Å². The maximum atomic E-state index is 12.8. The second-order valence-electron chi connectivity index (χ2n) is 7.54. The van der Waals surface area contributed by atoms with Gasteiger partial charge in [-0.1, -0.05) is 0 Å². The van der Waals surface area contributed by atoms with Crippen LogP contribution in [0.3, 0.4) is 0 Å². The zero-order valence-electron chi connectivity index (χ0n) is 15.5. The molecule has 9 nitrogen and oxygen atoms in total. The number of anilines is 1. The minimum Gasteiger partial charge on any atom is -0.396 e. The average molecular weight is 373 g/mol. The molecule has 0 amide bonds. The summed E-state index contributed by atoms with van der Waals surface area (Å²) in [7, 11) is 0. The van der Waals surface area contributed by atoms with Crippen molar-refractivity contribution in [3.05, 3.63) is 35.5 Å². The fourth-order valence-electron chi connectivity index (χ4n) is 3.87. The lowest BCUT2D eigenvalue weighted by molar-refractivity contribution is -0.158. The highest BCUT2D eigenvalue weighted by Gasteiger charge is 2.53. The van der Waals surface area contributed by atoms with Gasteiger partial charge in [0.15, 0.2) is 5.79 Å². The molecule has 2 aliphatic rings. The standard InChI is InChI=1S/C18H23N5O4/c1-9-4-12(23-22-9)14(25)11-6-19-8-20-17(11)21-13-5-10(7-24)15-16(13)27-18(2,3)26-15/h4,6,8,10,13,15-16,24H,5,7H2,1-3H3,(H,22,23)(H,19,20,21)/t10-,13-,15-,16+/m1/s1. The molecule has 0 radical (unpaired) electrons. The summed E-state index contributed by atoms with van der Waals surface area (Å²) in [6.07, 6.45) is 3.09. The summed E-state index contributed by atoms with van der Waals surface area (Å²) >= 11 is 0. The number of fused-ring (bicyclic) bond motifs is 1. The highest BCUT2D eigenvalue weighted by atomic mass is 16.8. The van der Waals surface area contributed by atoms with Crippen LogP contribution in [0.5, 0.6) is 0 Å². The number of aliphatic hydroxyl groups excluding tert-OH is 1. The molecule has 3 heterocycles. The first-order valence-electron chi connectivity index (χ1n) is 8.97. The Hall–Kier alpha value is -2.36. The molecule has 0 bridgehead atoms. The molecule has 2 aromatic heterocycles. The first-order chi connectivity index (χ1) is 12.9. The molecule has 1 saturated carbocycles. The van der Waals surface area contributed by atoms with Gasteiger partial charge in [0.1, 0.15) is 23.9 Å². The van der Waals surface area contributed by atoms with Crippen LogP contribution in [0.15, 0.2) is 18.6 Å². The van der Waals surface area contributed by atoms with Gasteiger partial charge >= 0.3 is 0 Å². The highest BCUT2D eigenvalue weighted by Crippen LogP contribution is 2.42.